The van der Waals surface area contributed by atoms with E-state index in [1.54, 1.807) is 0 Å². The fourth-order valence-electron chi connectivity index (χ4n) is 3.28. The van der Waals surface area contributed by atoms with Crippen LogP contribution in [-0.4, -0.2) is 6.61 Å². The van der Waals surface area contributed by atoms with Crippen LogP contribution in [0.3, 0.4) is 0 Å². The molecule has 20 heavy (non-hydrogen) atoms. The maximum Gasteiger partial charge on any atom is 0.120 e. The normalized spacial score (nSPS) is 22.3. The smallest absolute Gasteiger partial charge is 0.120 e. The average molecular weight is 338 g/mol. The molecule has 2 saturated carbocycles. The molecule has 0 unspecified atom stereocenters. The molecule has 1 aromatic carbocycles. The molecule has 110 valence electrons. The predicted octanol–water partition coefficient (Wildman–Crippen LogP) is 4.75. The number of halogens is 1. The molecule has 0 amide bonds. The average Bonchev–Trinajstić information content (AvgIpc) is 2.37. The summed E-state index contributed by atoms with van der Waals surface area (Å²) in [6.45, 7) is 0.855. The summed E-state index contributed by atoms with van der Waals surface area (Å²) in [5.74, 6) is 1.73. The minimum Gasteiger partial charge on any atom is -0.493 e. The third kappa shape index (κ3) is 3.20. The molecule has 3 rings (SSSR count). The van der Waals surface area contributed by atoms with Crippen LogP contribution in [-0.2, 0) is 5.54 Å². The summed E-state index contributed by atoms with van der Waals surface area (Å²) in [4.78, 5) is 0. The third-order valence-corrected chi connectivity index (χ3v) is 5.36. The summed E-state index contributed by atoms with van der Waals surface area (Å²) in [6.07, 6.45) is 9.98. The van der Waals surface area contributed by atoms with Gasteiger partial charge in [0.25, 0.3) is 0 Å². The first kappa shape index (κ1) is 14.4. The van der Waals surface area contributed by atoms with Crippen LogP contribution in [0.1, 0.15) is 56.9 Å². The van der Waals surface area contributed by atoms with Crippen molar-refractivity contribution in [3.8, 4) is 5.75 Å². The minimum absolute atomic E-state index is 0.156. The van der Waals surface area contributed by atoms with E-state index < -0.39 is 0 Å². The van der Waals surface area contributed by atoms with Crippen molar-refractivity contribution in [1.82, 2.24) is 0 Å². The number of ether oxygens (including phenoxy) is 1. The van der Waals surface area contributed by atoms with Crippen LogP contribution in [0, 0.1) is 5.92 Å². The molecular formula is C17H24BrNO. The number of rotatable bonds is 4. The Morgan fingerprint density at radius 2 is 1.85 bits per heavy atom. The van der Waals surface area contributed by atoms with Crippen LogP contribution >= 0.6 is 15.9 Å². The maximum absolute atomic E-state index is 6.64. The van der Waals surface area contributed by atoms with Crippen molar-refractivity contribution in [3.05, 3.63) is 28.2 Å². The van der Waals surface area contributed by atoms with E-state index in [1.807, 2.05) is 0 Å². The van der Waals surface area contributed by atoms with Gasteiger partial charge in [0.15, 0.2) is 0 Å². The van der Waals surface area contributed by atoms with E-state index in [0.717, 1.165) is 35.6 Å². The van der Waals surface area contributed by atoms with Crippen molar-refractivity contribution in [1.29, 1.82) is 0 Å². The van der Waals surface area contributed by atoms with Crippen LogP contribution in [0.2, 0.25) is 0 Å². The second kappa shape index (κ2) is 6.07. The SMILES string of the molecule is NC1(c2cc(Br)cc(OCC3CCC3)c2)CCCCC1. The highest BCUT2D eigenvalue weighted by molar-refractivity contribution is 9.10. The van der Waals surface area contributed by atoms with Crippen molar-refractivity contribution in [2.75, 3.05) is 6.61 Å². The van der Waals surface area contributed by atoms with Crippen LogP contribution in [0.4, 0.5) is 0 Å². The lowest BCUT2D eigenvalue weighted by Crippen LogP contribution is -2.38. The Kier molecular flexibility index (Phi) is 4.37. The molecule has 0 saturated heterocycles. The van der Waals surface area contributed by atoms with E-state index >= 15 is 0 Å². The van der Waals surface area contributed by atoms with E-state index in [0.29, 0.717) is 0 Å². The lowest BCUT2D eigenvalue weighted by Gasteiger charge is -2.34. The highest BCUT2D eigenvalue weighted by Crippen LogP contribution is 2.38. The molecule has 0 radical (unpaired) electrons. The van der Waals surface area contributed by atoms with Gasteiger partial charge in [0.1, 0.15) is 5.75 Å². The zero-order valence-corrected chi connectivity index (χ0v) is 13.6. The van der Waals surface area contributed by atoms with Gasteiger partial charge in [-0.3, -0.25) is 0 Å². The van der Waals surface area contributed by atoms with Gasteiger partial charge < -0.3 is 10.5 Å². The first-order valence-electron chi connectivity index (χ1n) is 7.88. The van der Waals surface area contributed by atoms with Gasteiger partial charge in [-0.2, -0.15) is 0 Å². The molecule has 0 heterocycles. The minimum atomic E-state index is -0.156. The molecule has 0 spiro atoms. The Morgan fingerprint density at radius 1 is 1.10 bits per heavy atom. The van der Waals surface area contributed by atoms with E-state index in [9.17, 15) is 0 Å². The Bertz CT molecular complexity index is 464. The molecular weight excluding hydrogens is 314 g/mol. The van der Waals surface area contributed by atoms with Crippen molar-refractivity contribution < 1.29 is 4.74 Å². The van der Waals surface area contributed by atoms with Crippen LogP contribution < -0.4 is 10.5 Å². The summed E-state index contributed by atoms with van der Waals surface area (Å²) < 4.78 is 7.06. The first-order chi connectivity index (χ1) is 9.66. The Balaban J connectivity index is 1.74. The second-order valence-electron chi connectivity index (χ2n) is 6.50. The lowest BCUT2D eigenvalue weighted by atomic mass is 9.77. The zero-order valence-electron chi connectivity index (χ0n) is 12.0. The quantitative estimate of drug-likeness (QED) is 0.860. The number of nitrogens with two attached hydrogens (primary N) is 1. The monoisotopic (exact) mass is 337 g/mol. The van der Waals surface area contributed by atoms with E-state index in [1.165, 1.54) is 44.1 Å². The molecule has 0 aromatic heterocycles. The summed E-state index contributed by atoms with van der Waals surface area (Å²) in [5, 5.41) is 0. The highest BCUT2D eigenvalue weighted by Gasteiger charge is 2.30. The van der Waals surface area contributed by atoms with E-state index in [-0.39, 0.29) is 5.54 Å². The molecule has 0 bridgehead atoms. The van der Waals surface area contributed by atoms with Crippen LogP contribution in [0.15, 0.2) is 22.7 Å². The van der Waals surface area contributed by atoms with Crippen molar-refractivity contribution in [3.63, 3.8) is 0 Å². The topological polar surface area (TPSA) is 35.2 Å². The largest absolute Gasteiger partial charge is 0.493 e. The van der Waals surface area contributed by atoms with Gasteiger partial charge in [-0.15, -0.1) is 0 Å². The van der Waals surface area contributed by atoms with Gasteiger partial charge in [-0.1, -0.05) is 41.6 Å². The molecule has 0 atom stereocenters. The Hall–Kier alpha value is -0.540. The first-order valence-corrected chi connectivity index (χ1v) is 8.68. The zero-order chi connectivity index (χ0) is 14.0. The number of benzene rings is 1. The Morgan fingerprint density at radius 3 is 2.50 bits per heavy atom. The molecule has 2 fully saturated rings. The summed E-state index contributed by atoms with van der Waals surface area (Å²) in [5.41, 5.74) is 7.71. The standard InChI is InChI=1S/C17H24BrNO/c18-15-9-14(17(19)7-2-1-3-8-17)10-16(11-15)20-12-13-5-4-6-13/h9-11,13H,1-8,12,19H2. The van der Waals surface area contributed by atoms with Crippen molar-refractivity contribution in [2.24, 2.45) is 11.7 Å². The molecule has 3 heteroatoms. The molecule has 0 aliphatic heterocycles. The van der Waals surface area contributed by atoms with Gasteiger partial charge in [-0.25, -0.2) is 0 Å². The molecule has 2 N–H and O–H groups in total. The van der Waals surface area contributed by atoms with Gasteiger partial charge in [0.2, 0.25) is 0 Å². The molecule has 2 aliphatic rings. The third-order valence-electron chi connectivity index (χ3n) is 4.90. The van der Waals surface area contributed by atoms with E-state index in [2.05, 4.69) is 34.1 Å². The number of hydrogen-bond acceptors (Lipinski definition) is 2. The summed E-state index contributed by atoms with van der Waals surface area (Å²) in [7, 11) is 0. The molecule has 2 aliphatic carbocycles. The van der Waals surface area contributed by atoms with Crippen LogP contribution in [0.5, 0.6) is 5.75 Å². The maximum atomic E-state index is 6.64. The van der Waals surface area contributed by atoms with Crippen LogP contribution in [0.25, 0.3) is 0 Å². The van der Waals surface area contributed by atoms with Gasteiger partial charge in [-0.05, 0) is 55.4 Å². The fourth-order valence-corrected chi connectivity index (χ4v) is 3.75. The molecule has 2 nitrogen and oxygen atoms in total. The Labute approximate surface area is 130 Å². The molecule has 1 aromatic rings. The van der Waals surface area contributed by atoms with Crippen molar-refractivity contribution >= 4 is 15.9 Å². The van der Waals surface area contributed by atoms with Crippen molar-refractivity contribution in [2.45, 2.75) is 56.9 Å². The number of hydrogen-bond donors (Lipinski definition) is 1. The lowest BCUT2D eigenvalue weighted by molar-refractivity contribution is 0.180. The van der Waals surface area contributed by atoms with Gasteiger partial charge >= 0.3 is 0 Å². The van der Waals surface area contributed by atoms with E-state index in [4.69, 9.17) is 10.5 Å². The summed E-state index contributed by atoms with van der Waals surface area (Å²) in [6, 6.07) is 6.39. The fraction of sp³-hybridized carbons (Fsp3) is 0.647. The van der Waals surface area contributed by atoms with Gasteiger partial charge in [0, 0.05) is 10.0 Å². The predicted molar refractivity (Wildman–Crippen MR) is 85.9 cm³/mol. The second-order valence-corrected chi connectivity index (χ2v) is 7.42. The summed E-state index contributed by atoms with van der Waals surface area (Å²) >= 11 is 3.61. The van der Waals surface area contributed by atoms with Gasteiger partial charge in [0.05, 0.1) is 6.61 Å². The highest BCUT2D eigenvalue weighted by atomic mass is 79.9.